The van der Waals surface area contributed by atoms with Crippen molar-refractivity contribution in [3.8, 4) is 0 Å². The zero-order chi connectivity index (χ0) is 9.73. The van der Waals surface area contributed by atoms with Crippen LogP contribution in [0.2, 0.25) is 0 Å². The summed E-state index contributed by atoms with van der Waals surface area (Å²) in [5, 5.41) is 0. The van der Waals surface area contributed by atoms with Crippen LogP contribution in [0.1, 0.15) is 72.1 Å². The summed E-state index contributed by atoms with van der Waals surface area (Å²) < 4.78 is 0. The van der Waals surface area contributed by atoms with Crippen molar-refractivity contribution in [1.82, 2.24) is 0 Å². The van der Waals surface area contributed by atoms with Crippen molar-refractivity contribution in [3.63, 3.8) is 0 Å². The van der Waals surface area contributed by atoms with Crippen LogP contribution < -0.4 is 0 Å². The molecule has 0 nitrogen and oxygen atoms in total. The highest BCUT2D eigenvalue weighted by Gasteiger charge is 2.47. The van der Waals surface area contributed by atoms with Gasteiger partial charge in [0.1, 0.15) is 0 Å². The van der Waals surface area contributed by atoms with E-state index >= 15 is 0 Å². The van der Waals surface area contributed by atoms with Crippen LogP contribution in [0.3, 0.4) is 0 Å². The van der Waals surface area contributed by atoms with E-state index in [0.29, 0.717) is 0 Å². The average molecular weight is 182 g/mol. The molecule has 0 aliphatic heterocycles. The number of hydrogen-bond acceptors (Lipinski definition) is 0. The van der Waals surface area contributed by atoms with Crippen molar-refractivity contribution in [3.05, 3.63) is 0 Å². The molecule has 0 amide bonds. The lowest BCUT2D eigenvalue weighted by Gasteiger charge is -2.09. The molecule has 1 fully saturated rings. The van der Waals surface area contributed by atoms with Gasteiger partial charge >= 0.3 is 0 Å². The molecule has 0 heteroatoms. The summed E-state index contributed by atoms with van der Waals surface area (Å²) in [7, 11) is 0. The Morgan fingerprint density at radius 1 is 1.08 bits per heavy atom. The van der Waals surface area contributed by atoms with Gasteiger partial charge in [-0.1, -0.05) is 52.9 Å². The predicted octanol–water partition coefficient (Wildman–Crippen LogP) is 4.78. The normalized spacial score (nSPS) is 32.1. The third kappa shape index (κ3) is 3.32. The van der Waals surface area contributed by atoms with Gasteiger partial charge in [0.15, 0.2) is 0 Å². The van der Waals surface area contributed by atoms with Crippen LogP contribution in [0.4, 0.5) is 0 Å². The van der Waals surface area contributed by atoms with Gasteiger partial charge in [0.2, 0.25) is 0 Å². The van der Waals surface area contributed by atoms with Crippen LogP contribution in [-0.2, 0) is 0 Å². The van der Waals surface area contributed by atoms with Crippen molar-refractivity contribution in [2.75, 3.05) is 0 Å². The first kappa shape index (κ1) is 11.1. The summed E-state index contributed by atoms with van der Waals surface area (Å²) in [5.74, 6) is 1.09. The molecule has 1 aliphatic carbocycles. The zero-order valence-electron chi connectivity index (χ0n) is 9.73. The molecule has 13 heavy (non-hydrogen) atoms. The predicted molar refractivity (Wildman–Crippen MR) is 59.9 cm³/mol. The van der Waals surface area contributed by atoms with Crippen LogP contribution in [-0.4, -0.2) is 0 Å². The lowest BCUT2D eigenvalue weighted by atomic mass is 9.96. The van der Waals surface area contributed by atoms with Crippen molar-refractivity contribution in [2.45, 2.75) is 72.1 Å². The van der Waals surface area contributed by atoms with E-state index in [-0.39, 0.29) is 0 Å². The van der Waals surface area contributed by atoms with Crippen LogP contribution >= 0.6 is 0 Å². The smallest absolute Gasteiger partial charge is 0.0294 e. The quantitative estimate of drug-likeness (QED) is 0.497. The van der Waals surface area contributed by atoms with Gasteiger partial charge in [0.25, 0.3) is 0 Å². The van der Waals surface area contributed by atoms with E-state index in [9.17, 15) is 0 Å². The molecule has 0 aromatic heterocycles. The molecule has 0 aromatic carbocycles. The lowest BCUT2D eigenvalue weighted by Crippen LogP contribution is -1.97. The summed E-state index contributed by atoms with van der Waals surface area (Å²) in [6, 6.07) is 0. The fraction of sp³-hybridized carbons (Fsp3) is 1.00. The SMILES string of the molecule is CCCCCC1CC1(C)CCCC. The van der Waals surface area contributed by atoms with Gasteiger partial charge in [-0.05, 0) is 30.6 Å². The molecule has 1 saturated carbocycles. The molecule has 1 rings (SSSR count). The molecule has 0 spiro atoms. The first-order chi connectivity index (χ1) is 6.23. The second-order valence-electron chi connectivity index (χ2n) is 5.15. The summed E-state index contributed by atoms with van der Waals surface area (Å²) in [4.78, 5) is 0. The van der Waals surface area contributed by atoms with Crippen molar-refractivity contribution in [2.24, 2.45) is 11.3 Å². The van der Waals surface area contributed by atoms with E-state index in [1.807, 2.05) is 0 Å². The van der Waals surface area contributed by atoms with Gasteiger partial charge in [0.05, 0.1) is 0 Å². The molecule has 78 valence electrons. The largest absolute Gasteiger partial charge is 0.0654 e. The fourth-order valence-electron chi connectivity index (χ4n) is 2.48. The Balaban J connectivity index is 2.05. The van der Waals surface area contributed by atoms with Gasteiger partial charge in [-0.2, -0.15) is 0 Å². The van der Waals surface area contributed by atoms with E-state index in [1.54, 1.807) is 0 Å². The highest BCUT2D eigenvalue weighted by molar-refractivity contribution is 4.97. The molecule has 0 saturated heterocycles. The topological polar surface area (TPSA) is 0 Å². The van der Waals surface area contributed by atoms with Gasteiger partial charge < -0.3 is 0 Å². The minimum Gasteiger partial charge on any atom is -0.0654 e. The molecule has 0 aromatic rings. The van der Waals surface area contributed by atoms with E-state index in [1.165, 1.54) is 51.4 Å². The Hall–Kier alpha value is 0. The van der Waals surface area contributed by atoms with Crippen molar-refractivity contribution in [1.29, 1.82) is 0 Å². The number of unbranched alkanes of at least 4 members (excludes halogenated alkanes) is 3. The Morgan fingerprint density at radius 2 is 1.77 bits per heavy atom. The second-order valence-corrected chi connectivity index (χ2v) is 5.15. The van der Waals surface area contributed by atoms with Crippen molar-refractivity contribution < 1.29 is 0 Å². The first-order valence-corrected chi connectivity index (χ1v) is 6.23. The summed E-state index contributed by atoms with van der Waals surface area (Å²) >= 11 is 0. The second kappa shape index (κ2) is 5.02. The molecule has 0 N–H and O–H groups in total. The highest BCUT2D eigenvalue weighted by Crippen LogP contribution is 2.57. The highest BCUT2D eigenvalue weighted by atomic mass is 14.5. The molecule has 2 unspecified atom stereocenters. The number of rotatable bonds is 7. The summed E-state index contributed by atoms with van der Waals surface area (Å²) in [6.07, 6.45) is 11.6. The summed E-state index contributed by atoms with van der Waals surface area (Å²) in [6.45, 7) is 7.10. The van der Waals surface area contributed by atoms with E-state index in [0.717, 1.165) is 11.3 Å². The van der Waals surface area contributed by atoms with E-state index in [2.05, 4.69) is 20.8 Å². The van der Waals surface area contributed by atoms with Gasteiger partial charge in [0, 0.05) is 0 Å². The van der Waals surface area contributed by atoms with Gasteiger partial charge in [-0.3, -0.25) is 0 Å². The minimum absolute atomic E-state index is 0.768. The Bertz CT molecular complexity index is 139. The molecule has 0 bridgehead atoms. The van der Waals surface area contributed by atoms with Gasteiger partial charge in [-0.15, -0.1) is 0 Å². The zero-order valence-corrected chi connectivity index (χ0v) is 9.73. The molecule has 0 radical (unpaired) electrons. The van der Waals surface area contributed by atoms with Crippen LogP contribution in [0, 0.1) is 11.3 Å². The molecular weight excluding hydrogens is 156 g/mol. The van der Waals surface area contributed by atoms with E-state index in [4.69, 9.17) is 0 Å². The third-order valence-corrected chi connectivity index (χ3v) is 3.80. The first-order valence-electron chi connectivity index (χ1n) is 6.23. The molecular formula is C13H26. The maximum absolute atomic E-state index is 2.50. The summed E-state index contributed by atoms with van der Waals surface area (Å²) in [5.41, 5.74) is 0.768. The minimum atomic E-state index is 0.768. The molecule has 0 heterocycles. The fourth-order valence-corrected chi connectivity index (χ4v) is 2.48. The average Bonchev–Trinajstić information content (AvgIpc) is 2.75. The lowest BCUT2D eigenvalue weighted by molar-refractivity contribution is 0.421. The van der Waals surface area contributed by atoms with Crippen molar-refractivity contribution >= 4 is 0 Å². The number of hydrogen-bond donors (Lipinski definition) is 0. The Kier molecular flexibility index (Phi) is 4.28. The van der Waals surface area contributed by atoms with E-state index < -0.39 is 0 Å². The maximum atomic E-state index is 2.50. The van der Waals surface area contributed by atoms with Gasteiger partial charge in [-0.25, -0.2) is 0 Å². The third-order valence-electron chi connectivity index (χ3n) is 3.80. The molecule has 1 aliphatic rings. The monoisotopic (exact) mass is 182 g/mol. The Labute approximate surface area is 84.1 Å². The van der Waals surface area contributed by atoms with Crippen LogP contribution in [0.15, 0.2) is 0 Å². The van der Waals surface area contributed by atoms with Crippen LogP contribution in [0.5, 0.6) is 0 Å². The Morgan fingerprint density at radius 3 is 2.38 bits per heavy atom. The standard InChI is InChI=1S/C13H26/c1-4-6-8-9-12-11-13(12,3)10-7-5-2/h12H,4-11H2,1-3H3. The van der Waals surface area contributed by atoms with Crippen LogP contribution in [0.25, 0.3) is 0 Å². The maximum Gasteiger partial charge on any atom is -0.0294 e. The molecule has 2 atom stereocenters.